The number of benzene rings is 1. The van der Waals surface area contributed by atoms with E-state index in [0.29, 0.717) is 13.1 Å². The molecular weight excluding hydrogens is 302 g/mol. The molecule has 1 aromatic rings. The van der Waals surface area contributed by atoms with Crippen LogP contribution < -0.4 is 11.1 Å². The van der Waals surface area contributed by atoms with Gasteiger partial charge < -0.3 is 11.1 Å². The fraction of sp³-hybridized carbons (Fsp3) is 0.533. The Labute approximate surface area is 132 Å². The van der Waals surface area contributed by atoms with Gasteiger partial charge in [0.25, 0.3) is 0 Å². The maximum Gasteiger partial charge on any atom is 0.243 e. The predicted molar refractivity (Wildman–Crippen MR) is 86.6 cm³/mol. The molecule has 0 aliphatic rings. The Bertz CT molecular complexity index is 597. The number of hydrogen-bond acceptors (Lipinski definition) is 4. The number of carbonyl (C=O) groups is 1. The van der Waals surface area contributed by atoms with Crippen molar-refractivity contribution in [3.05, 3.63) is 29.8 Å². The molecule has 0 spiro atoms. The van der Waals surface area contributed by atoms with Crippen LogP contribution in [0.1, 0.15) is 26.3 Å². The Morgan fingerprint density at radius 1 is 1.23 bits per heavy atom. The van der Waals surface area contributed by atoms with Crippen LogP contribution in [0.5, 0.6) is 0 Å². The number of nitrogens with zero attached hydrogens (tertiary/aromatic N) is 1. The number of sulfonamides is 1. The van der Waals surface area contributed by atoms with Crippen LogP contribution in [0.25, 0.3) is 0 Å². The zero-order chi connectivity index (χ0) is 16.9. The van der Waals surface area contributed by atoms with Crippen LogP contribution in [0.3, 0.4) is 0 Å². The monoisotopic (exact) mass is 327 g/mol. The number of nitrogens with one attached hydrogen (secondary N) is 1. The van der Waals surface area contributed by atoms with Crippen molar-refractivity contribution in [1.82, 2.24) is 9.62 Å². The molecule has 0 aliphatic heterocycles. The van der Waals surface area contributed by atoms with Crippen LogP contribution in [-0.4, -0.2) is 38.3 Å². The first-order valence-corrected chi connectivity index (χ1v) is 8.69. The Balaban J connectivity index is 2.77. The average Bonchev–Trinajstić information content (AvgIpc) is 2.51. The van der Waals surface area contributed by atoms with Crippen molar-refractivity contribution in [3.8, 4) is 0 Å². The Hall–Kier alpha value is -1.44. The van der Waals surface area contributed by atoms with Crippen LogP contribution in [0.4, 0.5) is 0 Å². The van der Waals surface area contributed by atoms with Crippen molar-refractivity contribution in [2.24, 2.45) is 11.7 Å². The van der Waals surface area contributed by atoms with Gasteiger partial charge in [-0.05, 0) is 31.5 Å². The highest BCUT2D eigenvalue weighted by Crippen LogP contribution is 2.17. The van der Waals surface area contributed by atoms with Gasteiger partial charge in [0.05, 0.1) is 4.90 Å². The van der Waals surface area contributed by atoms with E-state index in [1.165, 1.54) is 4.31 Å². The molecule has 0 aliphatic carbocycles. The second-order valence-corrected chi connectivity index (χ2v) is 7.61. The molecule has 0 radical (unpaired) electrons. The first-order chi connectivity index (χ1) is 10.2. The lowest BCUT2D eigenvalue weighted by atomic mass is 10.1. The second kappa shape index (κ2) is 7.71. The summed E-state index contributed by atoms with van der Waals surface area (Å²) < 4.78 is 26.0. The molecule has 0 saturated carbocycles. The highest BCUT2D eigenvalue weighted by atomic mass is 32.2. The molecule has 7 heteroatoms. The fourth-order valence-electron chi connectivity index (χ4n) is 1.69. The molecule has 0 fully saturated rings. The van der Waals surface area contributed by atoms with Crippen LogP contribution in [0.15, 0.2) is 29.2 Å². The lowest BCUT2D eigenvalue weighted by Crippen LogP contribution is -2.33. The molecule has 6 nitrogen and oxygen atoms in total. The topological polar surface area (TPSA) is 92.5 Å². The number of carbonyl (C=O) groups excluding carboxylic acids is 1. The van der Waals surface area contributed by atoms with E-state index in [2.05, 4.69) is 5.32 Å². The van der Waals surface area contributed by atoms with Gasteiger partial charge in [-0.2, -0.15) is 4.31 Å². The molecule has 0 aromatic heterocycles. The van der Waals surface area contributed by atoms with Gasteiger partial charge in [-0.25, -0.2) is 8.42 Å². The van der Waals surface area contributed by atoms with Gasteiger partial charge in [-0.1, -0.05) is 19.1 Å². The Kier molecular flexibility index (Phi) is 6.52. The van der Waals surface area contributed by atoms with Gasteiger partial charge in [0.2, 0.25) is 15.9 Å². The molecule has 0 bridgehead atoms. The number of rotatable bonds is 7. The van der Waals surface area contributed by atoms with E-state index in [9.17, 15) is 13.2 Å². The summed E-state index contributed by atoms with van der Waals surface area (Å²) in [4.78, 5) is 11.9. The minimum absolute atomic E-state index is 0.110. The molecular formula is C15H25N3O3S. The van der Waals surface area contributed by atoms with Crippen molar-refractivity contribution < 1.29 is 13.2 Å². The van der Waals surface area contributed by atoms with E-state index in [4.69, 9.17) is 5.73 Å². The lowest BCUT2D eigenvalue weighted by molar-refractivity contribution is -0.124. The van der Waals surface area contributed by atoms with Gasteiger partial charge in [0.15, 0.2) is 0 Å². The summed E-state index contributed by atoms with van der Waals surface area (Å²) in [5.74, 6) is -0.349. The summed E-state index contributed by atoms with van der Waals surface area (Å²) in [5.41, 5.74) is 6.27. The van der Waals surface area contributed by atoms with E-state index in [0.717, 1.165) is 5.56 Å². The van der Waals surface area contributed by atoms with Gasteiger partial charge in [0.1, 0.15) is 0 Å². The molecule has 0 saturated heterocycles. The second-order valence-electron chi connectivity index (χ2n) is 5.61. The maximum absolute atomic E-state index is 12.3. The number of hydrogen-bond donors (Lipinski definition) is 2. The molecule has 124 valence electrons. The van der Waals surface area contributed by atoms with E-state index < -0.39 is 10.0 Å². The quantitative estimate of drug-likeness (QED) is 0.779. The zero-order valence-corrected chi connectivity index (χ0v) is 14.4. The van der Waals surface area contributed by atoms with Crippen LogP contribution >= 0.6 is 0 Å². The van der Waals surface area contributed by atoms with E-state index in [-0.39, 0.29) is 22.8 Å². The van der Waals surface area contributed by atoms with Gasteiger partial charge >= 0.3 is 0 Å². The highest BCUT2D eigenvalue weighted by Gasteiger charge is 2.22. The molecule has 1 rings (SSSR count). The SMILES string of the molecule is CC(CN)C(=O)NCc1ccc(S(=O)(=O)N(C)C(C)C)cc1. The Morgan fingerprint density at radius 3 is 2.23 bits per heavy atom. The number of amides is 1. The van der Waals surface area contributed by atoms with Crippen LogP contribution in [-0.2, 0) is 21.4 Å². The van der Waals surface area contributed by atoms with Gasteiger partial charge in [0, 0.05) is 32.1 Å². The third-order valence-electron chi connectivity index (χ3n) is 3.60. The normalized spacial score (nSPS) is 13.4. The predicted octanol–water partition coefficient (Wildman–Crippen LogP) is 0.927. The van der Waals surface area contributed by atoms with Crippen molar-refractivity contribution in [2.75, 3.05) is 13.6 Å². The summed E-state index contributed by atoms with van der Waals surface area (Å²) in [6, 6.07) is 6.41. The standard InChI is InChI=1S/C15H25N3O3S/c1-11(2)18(4)22(20,21)14-7-5-13(6-8-14)10-17-15(19)12(3)9-16/h5-8,11-12H,9-10,16H2,1-4H3,(H,17,19). The van der Waals surface area contributed by atoms with Crippen molar-refractivity contribution >= 4 is 15.9 Å². The van der Waals surface area contributed by atoms with E-state index >= 15 is 0 Å². The molecule has 0 heterocycles. The summed E-state index contributed by atoms with van der Waals surface area (Å²) in [7, 11) is -1.92. The third-order valence-corrected chi connectivity index (χ3v) is 5.64. The molecule has 3 N–H and O–H groups in total. The first-order valence-electron chi connectivity index (χ1n) is 7.25. The van der Waals surface area contributed by atoms with Crippen LogP contribution in [0.2, 0.25) is 0 Å². The maximum atomic E-state index is 12.3. The fourth-order valence-corrected chi connectivity index (χ4v) is 3.06. The number of nitrogens with two attached hydrogens (primary N) is 1. The molecule has 22 heavy (non-hydrogen) atoms. The van der Waals surface area contributed by atoms with E-state index in [1.54, 1.807) is 38.2 Å². The molecule has 1 aromatic carbocycles. The van der Waals surface area contributed by atoms with Crippen LogP contribution in [0, 0.1) is 5.92 Å². The van der Waals surface area contributed by atoms with Crippen molar-refractivity contribution in [2.45, 2.75) is 38.3 Å². The van der Waals surface area contributed by atoms with Crippen molar-refractivity contribution in [1.29, 1.82) is 0 Å². The Morgan fingerprint density at radius 2 is 1.77 bits per heavy atom. The summed E-state index contributed by atoms with van der Waals surface area (Å²) >= 11 is 0. The van der Waals surface area contributed by atoms with Gasteiger partial charge in [-0.3, -0.25) is 4.79 Å². The van der Waals surface area contributed by atoms with Gasteiger partial charge in [-0.15, -0.1) is 0 Å². The summed E-state index contributed by atoms with van der Waals surface area (Å²) in [6.07, 6.45) is 0. The summed E-state index contributed by atoms with van der Waals surface area (Å²) in [6.45, 7) is 6.04. The average molecular weight is 327 g/mol. The smallest absolute Gasteiger partial charge is 0.243 e. The minimum Gasteiger partial charge on any atom is -0.352 e. The molecule has 1 atom stereocenters. The molecule has 1 unspecified atom stereocenters. The minimum atomic E-state index is -3.47. The third kappa shape index (κ3) is 4.53. The van der Waals surface area contributed by atoms with Crippen molar-refractivity contribution in [3.63, 3.8) is 0 Å². The zero-order valence-electron chi connectivity index (χ0n) is 13.5. The largest absolute Gasteiger partial charge is 0.352 e. The lowest BCUT2D eigenvalue weighted by Gasteiger charge is -2.21. The molecule has 1 amide bonds. The first kappa shape index (κ1) is 18.6. The van der Waals surface area contributed by atoms with E-state index in [1.807, 2.05) is 13.8 Å². The summed E-state index contributed by atoms with van der Waals surface area (Å²) in [5, 5.41) is 2.77. The highest BCUT2D eigenvalue weighted by molar-refractivity contribution is 7.89.